The van der Waals surface area contributed by atoms with E-state index in [9.17, 15) is 23.5 Å². The van der Waals surface area contributed by atoms with Crippen LogP contribution in [0, 0.1) is 17.6 Å². The van der Waals surface area contributed by atoms with Crippen LogP contribution in [0.5, 0.6) is 0 Å². The maximum absolute atomic E-state index is 13.7. The van der Waals surface area contributed by atoms with Crippen LogP contribution in [-0.2, 0) is 9.59 Å². The van der Waals surface area contributed by atoms with Crippen molar-refractivity contribution < 1.29 is 23.5 Å². The molecule has 0 saturated carbocycles. The Morgan fingerprint density at radius 2 is 1.96 bits per heavy atom. The second kappa shape index (κ2) is 6.67. The van der Waals surface area contributed by atoms with Gasteiger partial charge >= 0.3 is 0 Å². The lowest BCUT2D eigenvalue weighted by molar-refractivity contribution is -0.119. The van der Waals surface area contributed by atoms with Crippen molar-refractivity contribution in [2.45, 2.75) is 19.9 Å². The minimum Gasteiger partial charge on any atom is -0.503 e. The average molecular weight is 358 g/mol. The van der Waals surface area contributed by atoms with Gasteiger partial charge in [-0.3, -0.25) is 19.5 Å². The van der Waals surface area contributed by atoms with E-state index in [4.69, 9.17) is 0 Å². The second-order valence-electron chi connectivity index (χ2n) is 6.24. The van der Waals surface area contributed by atoms with Gasteiger partial charge in [0.1, 0.15) is 0 Å². The summed E-state index contributed by atoms with van der Waals surface area (Å²) in [6.45, 7) is 3.29. The Morgan fingerprint density at radius 3 is 2.54 bits per heavy atom. The molecule has 0 fully saturated rings. The lowest BCUT2D eigenvalue weighted by Gasteiger charge is -2.27. The van der Waals surface area contributed by atoms with Gasteiger partial charge < -0.3 is 5.11 Å². The van der Waals surface area contributed by atoms with Crippen molar-refractivity contribution in [2.24, 2.45) is 5.92 Å². The summed E-state index contributed by atoms with van der Waals surface area (Å²) in [6.07, 6.45) is 2.98. The van der Waals surface area contributed by atoms with E-state index in [-0.39, 0.29) is 11.3 Å². The molecule has 1 aliphatic rings. The van der Waals surface area contributed by atoms with Gasteiger partial charge in [-0.15, -0.1) is 0 Å². The summed E-state index contributed by atoms with van der Waals surface area (Å²) in [7, 11) is 0. The first kappa shape index (κ1) is 17.7. The maximum atomic E-state index is 13.7. The van der Waals surface area contributed by atoms with Gasteiger partial charge in [0.05, 0.1) is 11.6 Å². The number of rotatable bonds is 4. The van der Waals surface area contributed by atoms with E-state index in [2.05, 4.69) is 4.98 Å². The number of hydrogen-bond donors (Lipinski definition) is 1. The number of halogens is 2. The molecule has 26 heavy (non-hydrogen) atoms. The van der Waals surface area contributed by atoms with Crippen molar-refractivity contribution in [1.82, 2.24) is 4.98 Å². The Morgan fingerprint density at radius 1 is 1.23 bits per heavy atom. The molecule has 134 valence electrons. The highest BCUT2D eigenvalue weighted by molar-refractivity contribution is 6.16. The average Bonchev–Trinajstić information content (AvgIpc) is 2.89. The Hall–Kier alpha value is -3.09. The first-order chi connectivity index (χ1) is 12.3. The zero-order valence-electron chi connectivity index (χ0n) is 14.1. The quantitative estimate of drug-likeness (QED) is 0.908. The number of benzene rings is 1. The molecule has 5 nitrogen and oxygen atoms in total. The van der Waals surface area contributed by atoms with E-state index < -0.39 is 41.0 Å². The SMILES string of the molecule is CC(C)C(=O)C1=C(O)C(=O)N(c2ccc(F)c(F)c2)C1c1cccnc1. The Labute approximate surface area is 148 Å². The van der Waals surface area contributed by atoms with Crippen molar-refractivity contribution >= 4 is 17.4 Å². The summed E-state index contributed by atoms with van der Waals surface area (Å²) in [5.74, 6) is -4.62. The lowest BCUT2D eigenvalue weighted by Crippen LogP contribution is -2.31. The summed E-state index contributed by atoms with van der Waals surface area (Å²) in [5, 5.41) is 10.3. The standard InChI is InChI=1S/C19H16F2N2O3/c1-10(2)17(24)15-16(11-4-3-7-22-9-11)23(19(26)18(15)25)12-5-6-13(20)14(21)8-12/h3-10,16,25H,1-2H3. The fraction of sp³-hybridized carbons (Fsp3) is 0.211. The van der Waals surface area contributed by atoms with Crippen molar-refractivity contribution in [2.75, 3.05) is 4.90 Å². The van der Waals surface area contributed by atoms with Crippen LogP contribution in [0.1, 0.15) is 25.5 Å². The molecule has 0 saturated heterocycles. The molecule has 1 aliphatic heterocycles. The molecule has 0 radical (unpaired) electrons. The number of aliphatic hydroxyl groups is 1. The number of Topliss-reactive ketones (excluding diaryl/α,β-unsaturated/α-hetero) is 1. The highest BCUT2D eigenvalue weighted by Crippen LogP contribution is 2.41. The first-order valence-electron chi connectivity index (χ1n) is 7.98. The predicted molar refractivity (Wildman–Crippen MR) is 90.3 cm³/mol. The minimum absolute atomic E-state index is 0.0286. The molecule has 2 heterocycles. The van der Waals surface area contributed by atoms with Gasteiger partial charge in [0.25, 0.3) is 5.91 Å². The molecular weight excluding hydrogens is 342 g/mol. The van der Waals surface area contributed by atoms with Crippen molar-refractivity contribution in [3.05, 3.63) is 71.3 Å². The molecule has 7 heteroatoms. The minimum atomic E-state index is -1.14. The van der Waals surface area contributed by atoms with E-state index >= 15 is 0 Å². The number of pyridine rings is 1. The topological polar surface area (TPSA) is 70.5 Å². The summed E-state index contributed by atoms with van der Waals surface area (Å²) < 4.78 is 27.0. The molecule has 1 N–H and O–H groups in total. The third-order valence-electron chi connectivity index (χ3n) is 4.18. The fourth-order valence-electron chi connectivity index (χ4n) is 2.92. The zero-order valence-corrected chi connectivity index (χ0v) is 14.1. The number of amides is 1. The van der Waals surface area contributed by atoms with Gasteiger partial charge in [-0.05, 0) is 23.8 Å². The smallest absolute Gasteiger partial charge is 0.294 e. The lowest BCUT2D eigenvalue weighted by atomic mass is 9.92. The number of carbonyl (C=O) groups is 2. The molecule has 1 aromatic carbocycles. The van der Waals surface area contributed by atoms with Crippen LogP contribution in [0.3, 0.4) is 0 Å². The Bertz CT molecular complexity index is 910. The largest absolute Gasteiger partial charge is 0.503 e. The number of ketones is 1. The van der Waals surface area contributed by atoms with Crippen molar-refractivity contribution in [1.29, 1.82) is 0 Å². The number of hydrogen-bond acceptors (Lipinski definition) is 4. The highest BCUT2D eigenvalue weighted by Gasteiger charge is 2.45. The van der Waals surface area contributed by atoms with E-state index in [0.717, 1.165) is 17.0 Å². The number of aromatic nitrogens is 1. The number of aliphatic hydroxyl groups excluding tert-OH is 1. The van der Waals surface area contributed by atoms with Gasteiger partial charge in [-0.2, -0.15) is 0 Å². The fourth-order valence-corrected chi connectivity index (χ4v) is 2.92. The molecule has 1 amide bonds. The Kier molecular flexibility index (Phi) is 4.54. The molecule has 0 spiro atoms. The van der Waals surface area contributed by atoms with Gasteiger partial charge in [0, 0.05) is 30.1 Å². The molecule has 0 bridgehead atoms. The van der Waals surface area contributed by atoms with Crippen LogP contribution in [0.25, 0.3) is 0 Å². The molecule has 2 aromatic rings. The third-order valence-corrected chi connectivity index (χ3v) is 4.18. The van der Waals surface area contributed by atoms with Crippen LogP contribution in [0.2, 0.25) is 0 Å². The van der Waals surface area contributed by atoms with Gasteiger partial charge in [0.2, 0.25) is 0 Å². The zero-order chi connectivity index (χ0) is 19.0. The monoisotopic (exact) mass is 358 g/mol. The van der Waals surface area contributed by atoms with Gasteiger partial charge in [0.15, 0.2) is 23.2 Å². The summed E-state index contributed by atoms with van der Waals surface area (Å²) in [4.78, 5) is 30.3. The molecule has 1 aromatic heterocycles. The second-order valence-corrected chi connectivity index (χ2v) is 6.24. The summed E-state index contributed by atoms with van der Waals surface area (Å²) in [5.41, 5.74) is 0.419. The molecule has 1 atom stereocenters. The van der Waals surface area contributed by atoms with E-state index in [1.807, 2.05) is 0 Å². The number of anilines is 1. The predicted octanol–water partition coefficient (Wildman–Crippen LogP) is 3.48. The van der Waals surface area contributed by atoms with E-state index in [0.29, 0.717) is 5.56 Å². The summed E-state index contributed by atoms with van der Waals surface area (Å²) in [6, 6.07) is 5.25. The van der Waals surface area contributed by atoms with Crippen LogP contribution in [0.15, 0.2) is 54.1 Å². The molecule has 1 unspecified atom stereocenters. The van der Waals surface area contributed by atoms with Crippen LogP contribution < -0.4 is 4.90 Å². The van der Waals surface area contributed by atoms with Gasteiger partial charge in [-0.25, -0.2) is 8.78 Å². The van der Waals surface area contributed by atoms with Crippen molar-refractivity contribution in [3.63, 3.8) is 0 Å². The van der Waals surface area contributed by atoms with Crippen LogP contribution in [-0.4, -0.2) is 21.8 Å². The molecule has 3 rings (SSSR count). The van der Waals surface area contributed by atoms with Crippen LogP contribution >= 0.6 is 0 Å². The van der Waals surface area contributed by atoms with E-state index in [1.54, 1.807) is 26.0 Å². The van der Waals surface area contributed by atoms with E-state index in [1.165, 1.54) is 18.5 Å². The number of nitrogens with zero attached hydrogens (tertiary/aromatic N) is 2. The van der Waals surface area contributed by atoms with Crippen molar-refractivity contribution in [3.8, 4) is 0 Å². The first-order valence-corrected chi connectivity index (χ1v) is 7.98. The Balaban J connectivity index is 2.19. The number of carbonyl (C=O) groups excluding carboxylic acids is 2. The summed E-state index contributed by atoms with van der Waals surface area (Å²) >= 11 is 0. The molecule has 0 aliphatic carbocycles. The van der Waals surface area contributed by atoms with Gasteiger partial charge in [-0.1, -0.05) is 19.9 Å². The van der Waals surface area contributed by atoms with Crippen LogP contribution in [0.4, 0.5) is 14.5 Å². The maximum Gasteiger partial charge on any atom is 0.294 e. The highest BCUT2D eigenvalue weighted by atomic mass is 19.2. The normalized spacial score (nSPS) is 17.3. The molecular formula is C19H16F2N2O3. The third kappa shape index (κ3) is 2.85.